The van der Waals surface area contributed by atoms with Crippen LogP contribution in [0.15, 0.2) is 97.1 Å². The lowest BCUT2D eigenvalue weighted by molar-refractivity contribution is 0.489. The van der Waals surface area contributed by atoms with E-state index in [-0.39, 0.29) is 22.4 Å². The zero-order valence-electron chi connectivity index (χ0n) is 34.4. The molecule has 0 radical (unpaired) electrons. The van der Waals surface area contributed by atoms with E-state index in [1.165, 1.54) is 24.3 Å². The van der Waals surface area contributed by atoms with Crippen LogP contribution in [-0.4, -0.2) is 0 Å². The molecule has 6 rings (SSSR count). The lowest BCUT2D eigenvalue weighted by Gasteiger charge is -2.27. The van der Waals surface area contributed by atoms with Crippen LogP contribution in [-0.2, 0) is 0 Å². The molecular weight excluding hydrogens is 778 g/mol. The molecule has 2 atom stereocenters. The highest BCUT2D eigenvalue weighted by Gasteiger charge is 2.29. The molecule has 0 aliphatic carbocycles. The van der Waals surface area contributed by atoms with Gasteiger partial charge >= 0.3 is 16.8 Å². The third-order valence-corrected chi connectivity index (χ3v) is 12.3. The van der Waals surface area contributed by atoms with Gasteiger partial charge in [-0.05, 0) is 146 Å². The molecule has 0 amide bonds. The van der Waals surface area contributed by atoms with Crippen molar-refractivity contribution in [1.29, 1.82) is 0 Å². The molecule has 6 aromatic rings. The maximum absolute atomic E-state index is 14.9. The van der Waals surface area contributed by atoms with E-state index in [1.54, 1.807) is 0 Å². The third kappa shape index (κ3) is 10.0. The lowest BCUT2D eigenvalue weighted by Crippen LogP contribution is -2.14. The summed E-state index contributed by atoms with van der Waals surface area (Å²) in [6.45, 7) is 19.8. The maximum atomic E-state index is 14.9. The molecule has 0 aromatic heterocycles. The van der Waals surface area contributed by atoms with E-state index in [4.69, 9.17) is 18.1 Å². The Hall–Kier alpha value is -4.90. The fourth-order valence-corrected chi connectivity index (χ4v) is 9.73. The highest BCUT2D eigenvalue weighted by atomic mass is 31.2. The molecule has 0 saturated carbocycles. The Morgan fingerprint density at radius 3 is 1.07 bits per heavy atom. The van der Waals surface area contributed by atoms with E-state index in [2.05, 4.69) is 0 Å². The number of hydrogen-bond donors (Lipinski definition) is 0. The van der Waals surface area contributed by atoms with Crippen molar-refractivity contribution in [3.63, 3.8) is 0 Å². The van der Waals surface area contributed by atoms with E-state index in [0.717, 1.165) is 56.6 Å². The highest BCUT2D eigenvalue weighted by molar-refractivity contribution is 7.57. The van der Waals surface area contributed by atoms with Crippen LogP contribution in [0.3, 0.4) is 0 Å². The van der Waals surface area contributed by atoms with Crippen molar-refractivity contribution in [2.75, 3.05) is 0 Å². The van der Waals surface area contributed by atoms with Gasteiger partial charge in [0.25, 0.3) is 0 Å². The van der Waals surface area contributed by atoms with E-state index < -0.39 is 40.0 Å². The summed E-state index contributed by atoms with van der Waals surface area (Å²) in [7, 11) is -4.37. The van der Waals surface area contributed by atoms with Gasteiger partial charge in [-0.3, -0.25) is 0 Å². The van der Waals surface area contributed by atoms with Crippen molar-refractivity contribution in [3.8, 4) is 34.1 Å². The summed E-state index contributed by atoms with van der Waals surface area (Å²) in [4.78, 5) is 0. The molecule has 0 aliphatic rings. The summed E-state index contributed by atoms with van der Waals surface area (Å²) in [6.07, 6.45) is 0. The first kappa shape index (κ1) is 42.7. The van der Waals surface area contributed by atoms with Crippen LogP contribution < -0.4 is 28.7 Å². The minimum absolute atomic E-state index is 0.0865. The van der Waals surface area contributed by atoms with Crippen LogP contribution in [0.2, 0.25) is 0 Å². The summed E-state index contributed by atoms with van der Waals surface area (Å²) >= 11 is 0. The first-order valence-electron chi connectivity index (χ1n) is 19.1. The van der Waals surface area contributed by atoms with Crippen molar-refractivity contribution >= 4 is 27.4 Å². The zero-order chi connectivity index (χ0) is 42.0. The molecule has 0 aliphatic heterocycles. The van der Waals surface area contributed by atoms with E-state index in [0.29, 0.717) is 34.1 Å². The van der Waals surface area contributed by atoms with Crippen molar-refractivity contribution in [2.45, 2.75) is 81.1 Å². The van der Waals surface area contributed by atoms with Gasteiger partial charge < -0.3 is 18.1 Å². The van der Waals surface area contributed by atoms with Gasteiger partial charge in [-0.1, -0.05) is 64.1 Å². The summed E-state index contributed by atoms with van der Waals surface area (Å²) in [5.41, 5.74) is 8.31. The molecule has 0 spiro atoms. The zero-order valence-corrected chi connectivity index (χ0v) is 36.2. The summed E-state index contributed by atoms with van der Waals surface area (Å²) in [5.74, 6) is -0.933. The normalized spacial score (nSPS) is 12.5. The Kier molecular flexibility index (Phi) is 13.2. The molecule has 0 bridgehead atoms. The van der Waals surface area contributed by atoms with Crippen LogP contribution in [0.4, 0.5) is 17.6 Å². The van der Waals surface area contributed by atoms with Crippen molar-refractivity contribution in [1.82, 2.24) is 0 Å². The number of hydrogen-bond acceptors (Lipinski definition) is 4. The molecule has 0 fully saturated rings. The molecule has 58 heavy (non-hydrogen) atoms. The number of halogens is 4. The lowest BCUT2D eigenvalue weighted by atomic mass is 9.95. The average Bonchev–Trinajstić information content (AvgIpc) is 3.11. The van der Waals surface area contributed by atoms with Gasteiger partial charge in [0, 0.05) is 23.3 Å². The molecule has 4 nitrogen and oxygen atoms in total. The van der Waals surface area contributed by atoms with Crippen molar-refractivity contribution < 1.29 is 35.7 Å². The third-order valence-electron chi connectivity index (χ3n) is 9.54. The fourth-order valence-electron chi connectivity index (χ4n) is 6.83. The fraction of sp³-hybridized carbons (Fsp3) is 0.250. The number of rotatable bonds is 13. The highest BCUT2D eigenvalue weighted by Crippen LogP contribution is 2.52. The largest absolute Gasteiger partial charge is 0.435 e. The topological polar surface area (TPSA) is 36.9 Å². The quantitative estimate of drug-likeness (QED) is 0.0858. The standard InChI is InChI=1S/C48H48F4O4P2/c1-27(2)41-13-11-29(5)19-45(41)53-57(39-23-35(49)21-36(50)24-39)55-47-33(9)15-31(7)17-43(47)44-18-32(8)16-34(10)48(44)56-58(40-25-37(51)22-38(52)26-40)54-46-20-30(6)12-14-42(46)28(3)4/h11-28H,1-10H3. The average molecular weight is 827 g/mol. The van der Waals surface area contributed by atoms with E-state index in [9.17, 15) is 17.6 Å². The minimum atomic E-state index is -2.18. The van der Waals surface area contributed by atoms with Crippen molar-refractivity contribution in [3.05, 3.63) is 165 Å². The number of benzene rings is 6. The predicted molar refractivity (Wildman–Crippen MR) is 230 cm³/mol. The van der Waals surface area contributed by atoms with Gasteiger partial charge in [0.05, 0.1) is 10.6 Å². The Bertz CT molecular complexity index is 2260. The van der Waals surface area contributed by atoms with Gasteiger partial charge in [-0.2, -0.15) is 0 Å². The van der Waals surface area contributed by atoms with Crippen LogP contribution in [0, 0.1) is 64.8 Å². The summed E-state index contributed by atoms with van der Waals surface area (Å²) in [5, 5.41) is 0.409. The van der Waals surface area contributed by atoms with Crippen LogP contribution in [0.1, 0.15) is 84.0 Å². The summed E-state index contributed by atoms with van der Waals surface area (Å²) in [6, 6.07) is 26.2. The molecule has 6 aromatic carbocycles. The summed E-state index contributed by atoms with van der Waals surface area (Å²) < 4.78 is 86.8. The Labute approximate surface area is 342 Å². The minimum Gasteiger partial charge on any atom is -0.435 e. The molecule has 302 valence electrons. The smallest absolute Gasteiger partial charge is 0.326 e. The van der Waals surface area contributed by atoms with Gasteiger partial charge in [-0.25, -0.2) is 17.6 Å². The van der Waals surface area contributed by atoms with Gasteiger partial charge in [0.15, 0.2) is 0 Å². The molecular formula is C48H48F4O4P2. The monoisotopic (exact) mass is 826 g/mol. The molecule has 0 saturated heterocycles. The second-order valence-corrected chi connectivity index (χ2v) is 18.2. The van der Waals surface area contributed by atoms with Gasteiger partial charge in [0.1, 0.15) is 46.3 Å². The molecule has 0 N–H and O–H groups in total. The SMILES string of the molecule is Cc1ccc(C(C)C)c(OP(Oc2c(C)cc(C)cc2-c2cc(C)cc(C)c2OP(Oc2cc(C)ccc2C(C)C)c2cc(F)cc(F)c2)c2cc(F)cc(F)c2)c1. The molecule has 10 heteroatoms. The Morgan fingerprint density at radius 1 is 0.397 bits per heavy atom. The van der Waals surface area contributed by atoms with E-state index >= 15 is 0 Å². The van der Waals surface area contributed by atoms with Crippen LogP contribution in [0.25, 0.3) is 11.1 Å². The van der Waals surface area contributed by atoms with Gasteiger partial charge in [0.2, 0.25) is 0 Å². The van der Waals surface area contributed by atoms with E-state index in [1.807, 2.05) is 130 Å². The first-order valence-corrected chi connectivity index (χ1v) is 21.5. The first-order chi connectivity index (χ1) is 27.4. The number of aryl methyl sites for hydroxylation is 6. The Morgan fingerprint density at radius 2 is 0.741 bits per heavy atom. The Balaban J connectivity index is 1.53. The van der Waals surface area contributed by atoms with Crippen LogP contribution in [0.5, 0.6) is 23.0 Å². The predicted octanol–water partition coefficient (Wildman–Crippen LogP) is 14.2. The molecule has 2 unspecified atom stereocenters. The molecule has 0 heterocycles. The van der Waals surface area contributed by atoms with Gasteiger partial charge in [-0.15, -0.1) is 0 Å². The van der Waals surface area contributed by atoms with Crippen LogP contribution >= 0.6 is 16.8 Å². The maximum Gasteiger partial charge on any atom is 0.326 e. The van der Waals surface area contributed by atoms with Crippen molar-refractivity contribution in [2.24, 2.45) is 0 Å². The second kappa shape index (κ2) is 17.9. The second-order valence-electron chi connectivity index (χ2n) is 15.4.